The van der Waals surface area contributed by atoms with Crippen LogP contribution in [-0.2, 0) is 4.79 Å². The number of carbonyl (C=O) groups excluding carboxylic acids is 1. The van der Waals surface area contributed by atoms with Crippen molar-refractivity contribution in [2.45, 2.75) is 37.6 Å². The molecule has 1 fully saturated rings. The Morgan fingerprint density at radius 3 is 2.75 bits per heavy atom. The van der Waals surface area contributed by atoms with Crippen LogP contribution in [0.1, 0.15) is 37.7 Å². The fourth-order valence-electron chi connectivity index (χ4n) is 2.64. The van der Waals surface area contributed by atoms with Crippen molar-refractivity contribution in [1.82, 2.24) is 5.32 Å². The van der Waals surface area contributed by atoms with Crippen LogP contribution < -0.4 is 5.32 Å². The van der Waals surface area contributed by atoms with Gasteiger partial charge in [-0.1, -0.05) is 31.4 Å². The molecule has 0 radical (unpaired) electrons. The fraction of sp³-hybridized carbons (Fsp3) is 0.438. The molecule has 4 heteroatoms. The van der Waals surface area contributed by atoms with E-state index in [-0.39, 0.29) is 18.3 Å². The molecule has 20 heavy (non-hydrogen) atoms. The summed E-state index contributed by atoms with van der Waals surface area (Å²) in [5, 5.41) is 12.4. The zero-order valence-electron chi connectivity index (χ0n) is 11.4. The molecule has 108 valence electrons. The highest BCUT2D eigenvalue weighted by molar-refractivity contribution is 5.92. The number of halogens is 1. The summed E-state index contributed by atoms with van der Waals surface area (Å²) in [6.45, 7) is -0.0352. The molecule has 1 aliphatic rings. The largest absolute Gasteiger partial charge is 0.394 e. The maximum absolute atomic E-state index is 13.0. The molecule has 0 atom stereocenters. The number of aliphatic hydroxyl groups is 1. The molecule has 0 spiro atoms. The molecule has 0 bridgehead atoms. The van der Waals surface area contributed by atoms with Gasteiger partial charge >= 0.3 is 0 Å². The van der Waals surface area contributed by atoms with Crippen LogP contribution in [0.5, 0.6) is 0 Å². The zero-order chi connectivity index (χ0) is 14.4. The Morgan fingerprint density at radius 2 is 2.10 bits per heavy atom. The standard InChI is InChI=1S/C16H20FNO2/c17-14-6-4-5-13(11-14)7-8-15(20)18-16(12-19)9-2-1-3-10-16/h4-8,11,19H,1-3,9-10,12H2,(H,18,20). The van der Waals surface area contributed by atoms with Crippen molar-refractivity contribution in [3.8, 4) is 0 Å². The Labute approximate surface area is 118 Å². The molecule has 2 N–H and O–H groups in total. The Bertz CT molecular complexity index is 493. The normalized spacial score (nSPS) is 18.1. The Morgan fingerprint density at radius 1 is 1.35 bits per heavy atom. The lowest BCUT2D eigenvalue weighted by Gasteiger charge is -2.36. The quantitative estimate of drug-likeness (QED) is 0.831. The molecule has 0 unspecified atom stereocenters. The first-order chi connectivity index (χ1) is 9.63. The van der Waals surface area contributed by atoms with E-state index in [1.165, 1.54) is 18.2 Å². The smallest absolute Gasteiger partial charge is 0.244 e. The second kappa shape index (κ2) is 6.66. The fourth-order valence-corrected chi connectivity index (χ4v) is 2.64. The Hall–Kier alpha value is -1.68. The molecule has 0 aliphatic heterocycles. The number of nitrogens with one attached hydrogen (secondary N) is 1. The molecule has 1 aromatic rings. The van der Waals surface area contributed by atoms with Crippen LogP contribution in [0.15, 0.2) is 30.3 Å². The van der Waals surface area contributed by atoms with Gasteiger partial charge in [0.15, 0.2) is 0 Å². The van der Waals surface area contributed by atoms with E-state index in [1.54, 1.807) is 18.2 Å². The zero-order valence-corrected chi connectivity index (χ0v) is 11.4. The highest BCUT2D eigenvalue weighted by atomic mass is 19.1. The molecule has 2 rings (SSSR count). The van der Waals surface area contributed by atoms with Crippen LogP contribution in [0, 0.1) is 5.82 Å². The van der Waals surface area contributed by atoms with Crippen molar-refractivity contribution < 1.29 is 14.3 Å². The van der Waals surface area contributed by atoms with Crippen LogP contribution in [0.25, 0.3) is 6.08 Å². The maximum Gasteiger partial charge on any atom is 0.244 e. The van der Waals surface area contributed by atoms with Gasteiger partial charge in [0.05, 0.1) is 12.1 Å². The van der Waals surface area contributed by atoms with Crippen molar-refractivity contribution in [3.63, 3.8) is 0 Å². The van der Waals surface area contributed by atoms with Crippen molar-refractivity contribution in [2.75, 3.05) is 6.61 Å². The summed E-state index contributed by atoms with van der Waals surface area (Å²) in [4.78, 5) is 11.9. The highest BCUT2D eigenvalue weighted by Gasteiger charge is 2.32. The minimum absolute atomic E-state index is 0.0352. The summed E-state index contributed by atoms with van der Waals surface area (Å²) in [7, 11) is 0. The van der Waals surface area contributed by atoms with E-state index >= 15 is 0 Å². The Balaban J connectivity index is 1.97. The van der Waals surface area contributed by atoms with E-state index in [0.717, 1.165) is 32.1 Å². The molecular weight excluding hydrogens is 257 g/mol. The number of amides is 1. The summed E-state index contributed by atoms with van der Waals surface area (Å²) in [6.07, 6.45) is 7.78. The number of rotatable bonds is 4. The molecule has 1 saturated carbocycles. The van der Waals surface area contributed by atoms with Crippen molar-refractivity contribution in [2.24, 2.45) is 0 Å². The van der Waals surface area contributed by atoms with Gasteiger partial charge in [-0.2, -0.15) is 0 Å². The molecule has 1 amide bonds. The first-order valence-electron chi connectivity index (χ1n) is 7.00. The van der Waals surface area contributed by atoms with E-state index in [0.29, 0.717) is 5.56 Å². The van der Waals surface area contributed by atoms with Gasteiger partial charge in [-0.25, -0.2) is 4.39 Å². The van der Waals surface area contributed by atoms with Gasteiger partial charge in [-0.15, -0.1) is 0 Å². The van der Waals surface area contributed by atoms with Crippen LogP contribution in [-0.4, -0.2) is 23.2 Å². The van der Waals surface area contributed by atoms with Gasteiger partial charge in [-0.05, 0) is 36.6 Å². The van der Waals surface area contributed by atoms with Crippen LogP contribution >= 0.6 is 0 Å². The second-order valence-electron chi connectivity index (χ2n) is 5.38. The summed E-state index contributed by atoms with van der Waals surface area (Å²) in [5.74, 6) is -0.572. The minimum atomic E-state index is -0.485. The average molecular weight is 277 g/mol. The second-order valence-corrected chi connectivity index (χ2v) is 5.38. The van der Waals surface area contributed by atoms with Gasteiger partial charge in [0.25, 0.3) is 0 Å². The number of hydrogen-bond donors (Lipinski definition) is 2. The summed E-state index contributed by atoms with van der Waals surface area (Å²) in [6, 6.07) is 6.06. The predicted octanol–water partition coefficient (Wildman–Crippen LogP) is 2.65. The molecule has 1 aromatic carbocycles. The number of hydrogen-bond acceptors (Lipinski definition) is 2. The molecular formula is C16H20FNO2. The van der Waals surface area contributed by atoms with E-state index < -0.39 is 5.54 Å². The van der Waals surface area contributed by atoms with Gasteiger partial charge in [-0.3, -0.25) is 4.79 Å². The predicted molar refractivity (Wildman–Crippen MR) is 76.5 cm³/mol. The summed E-state index contributed by atoms with van der Waals surface area (Å²) < 4.78 is 13.0. The minimum Gasteiger partial charge on any atom is -0.394 e. The van der Waals surface area contributed by atoms with E-state index in [1.807, 2.05) is 0 Å². The Kier molecular flexibility index (Phi) is 4.90. The third kappa shape index (κ3) is 3.90. The van der Waals surface area contributed by atoms with E-state index in [4.69, 9.17) is 0 Å². The molecule has 0 heterocycles. The van der Waals surface area contributed by atoms with Gasteiger partial charge < -0.3 is 10.4 Å². The van der Waals surface area contributed by atoms with Crippen LogP contribution in [0.2, 0.25) is 0 Å². The third-order valence-electron chi connectivity index (χ3n) is 3.78. The van der Waals surface area contributed by atoms with Gasteiger partial charge in [0.2, 0.25) is 5.91 Å². The molecule has 0 aromatic heterocycles. The van der Waals surface area contributed by atoms with Crippen LogP contribution in [0.3, 0.4) is 0 Å². The number of aliphatic hydroxyl groups excluding tert-OH is 1. The van der Waals surface area contributed by atoms with Crippen molar-refractivity contribution in [3.05, 3.63) is 41.7 Å². The van der Waals surface area contributed by atoms with Gasteiger partial charge in [0.1, 0.15) is 5.82 Å². The monoisotopic (exact) mass is 277 g/mol. The lowest BCUT2D eigenvalue weighted by molar-refractivity contribution is -0.119. The molecule has 1 aliphatic carbocycles. The molecule has 3 nitrogen and oxygen atoms in total. The van der Waals surface area contributed by atoms with Crippen LogP contribution in [0.4, 0.5) is 4.39 Å². The maximum atomic E-state index is 13.0. The van der Waals surface area contributed by atoms with Gasteiger partial charge in [0, 0.05) is 6.08 Å². The van der Waals surface area contributed by atoms with E-state index in [9.17, 15) is 14.3 Å². The lowest BCUT2D eigenvalue weighted by atomic mass is 9.82. The summed E-state index contributed by atoms with van der Waals surface area (Å²) in [5.41, 5.74) is 0.156. The SMILES string of the molecule is O=C(C=Cc1cccc(F)c1)NC1(CO)CCCCC1. The lowest BCUT2D eigenvalue weighted by Crippen LogP contribution is -2.52. The van der Waals surface area contributed by atoms with Crippen molar-refractivity contribution in [1.29, 1.82) is 0 Å². The summed E-state index contributed by atoms with van der Waals surface area (Å²) >= 11 is 0. The average Bonchev–Trinajstić information content (AvgIpc) is 2.46. The first kappa shape index (κ1) is 14.7. The topological polar surface area (TPSA) is 49.3 Å². The number of carbonyl (C=O) groups is 1. The molecule has 0 saturated heterocycles. The number of benzene rings is 1. The first-order valence-corrected chi connectivity index (χ1v) is 7.00. The third-order valence-corrected chi connectivity index (χ3v) is 3.78. The van der Waals surface area contributed by atoms with Crippen molar-refractivity contribution >= 4 is 12.0 Å². The highest BCUT2D eigenvalue weighted by Crippen LogP contribution is 2.27. The van der Waals surface area contributed by atoms with E-state index in [2.05, 4.69) is 5.32 Å².